The van der Waals surface area contributed by atoms with Crippen LogP contribution in [0.4, 0.5) is 0 Å². The summed E-state index contributed by atoms with van der Waals surface area (Å²) in [6.45, 7) is 0.169. The number of carbonyl (C=O) groups is 2. The van der Waals surface area contributed by atoms with E-state index in [1.807, 2.05) is 30.3 Å². The Bertz CT molecular complexity index is 625. The monoisotopic (exact) mass is 258 g/mol. The predicted molar refractivity (Wildman–Crippen MR) is 71.0 cm³/mol. The van der Waals surface area contributed by atoms with Gasteiger partial charge in [0.2, 0.25) is 0 Å². The first kappa shape index (κ1) is 13.0. The molecule has 0 unspecified atom stereocenters. The highest BCUT2D eigenvalue weighted by molar-refractivity contribution is 5.94. The Kier molecular flexibility index (Phi) is 3.75. The molecule has 0 spiro atoms. The van der Waals surface area contributed by atoms with Crippen molar-refractivity contribution in [3.63, 3.8) is 0 Å². The lowest BCUT2D eigenvalue weighted by Gasteiger charge is -2.15. The van der Waals surface area contributed by atoms with Gasteiger partial charge in [-0.15, -0.1) is 0 Å². The highest BCUT2D eigenvalue weighted by Gasteiger charge is 2.14. The van der Waals surface area contributed by atoms with Crippen LogP contribution in [0.5, 0.6) is 0 Å². The number of carboxylic acid groups (broad SMARTS) is 1. The van der Waals surface area contributed by atoms with Gasteiger partial charge in [-0.1, -0.05) is 24.3 Å². The summed E-state index contributed by atoms with van der Waals surface area (Å²) < 4.78 is 0. The molecular weight excluding hydrogens is 244 g/mol. The quantitative estimate of drug-likeness (QED) is 0.907. The molecule has 0 bridgehead atoms. The molecule has 0 aliphatic heterocycles. The molecule has 0 fully saturated rings. The van der Waals surface area contributed by atoms with Gasteiger partial charge in [-0.2, -0.15) is 0 Å². The summed E-state index contributed by atoms with van der Waals surface area (Å²) in [5, 5.41) is 9.57. The number of para-hydroxylation sites is 1. The van der Waals surface area contributed by atoms with E-state index in [0.717, 1.165) is 10.9 Å². The Balaban J connectivity index is 2.19. The molecule has 98 valence electrons. The highest BCUT2D eigenvalue weighted by atomic mass is 16.4. The van der Waals surface area contributed by atoms with Gasteiger partial charge in [0.05, 0.1) is 11.9 Å². The van der Waals surface area contributed by atoms with Crippen molar-refractivity contribution in [1.82, 2.24) is 9.88 Å². The Morgan fingerprint density at radius 1 is 1.21 bits per heavy atom. The van der Waals surface area contributed by atoms with Gasteiger partial charge >= 0.3 is 5.97 Å². The van der Waals surface area contributed by atoms with Crippen LogP contribution in [-0.2, 0) is 4.79 Å². The zero-order valence-corrected chi connectivity index (χ0v) is 10.5. The largest absolute Gasteiger partial charge is 0.481 e. The third-order valence-electron chi connectivity index (χ3n) is 2.83. The van der Waals surface area contributed by atoms with E-state index in [9.17, 15) is 9.59 Å². The van der Waals surface area contributed by atoms with Crippen molar-refractivity contribution in [2.75, 3.05) is 13.6 Å². The van der Waals surface area contributed by atoms with Crippen LogP contribution < -0.4 is 0 Å². The molecule has 0 radical (unpaired) electrons. The molecule has 1 heterocycles. The van der Waals surface area contributed by atoms with Crippen molar-refractivity contribution in [2.45, 2.75) is 6.42 Å². The Labute approximate surface area is 110 Å². The average molecular weight is 258 g/mol. The number of amides is 1. The van der Waals surface area contributed by atoms with E-state index in [1.54, 1.807) is 13.1 Å². The first-order chi connectivity index (χ1) is 9.08. The third-order valence-corrected chi connectivity index (χ3v) is 2.83. The van der Waals surface area contributed by atoms with E-state index in [0.29, 0.717) is 5.69 Å². The Morgan fingerprint density at radius 3 is 2.68 bits per heavy atom. The minimum absolute atomic E-state index is 0.0736. The Morgan fingerprint density at radius 2 is 1.95 bits per heavy atom. The number of benzene rings is 1. The number of nitrogens with zero attached hydrogens (tertiary/aromatic N) is 2. The molecule has 0 aliphatic carbocycles. The van der Waals surface area contributed by atoms with Crippen molar-refractivity contribution in [2.24, 2.45) is 0 Å². The molecule has 0 saturated carbocycles. The fourth-order valence-corrected chi connectivity index (χ4v) is 1.75. The summed E-state index contributed by atoms with van der Waals surface area (Å²) in [4.78, 5) is 28.2. The van der Waals surface area contributed by atoms with Crippen LogP contribution >= 0.6 is 0 Å². The molecule has 5 nitrogen and oxygen atoms in total. The van der Waals surface area contributed by atoms with E-state index in [-0.39, 0.29) is 18.9 Å². The number of carbonyl (C=O) groups excluding carboxylic acids is 1. The normalized spacial score (nSPS) is 10.4. The van der Waals surface area contributed by atoms with E-state index in [2.05, 4.69) is 4.98 Å². The lowest BCUT2D eigenvalue weighted by atomic mass is 10.2. The molecule has 1 aromatic heterocycles. The second kappa shape index (κ2) is 5.48. The molecule has 0 aliphatic rings. The van der Waals surface area contributed by atoms with Crippen LogP contribution in [0.3, 0.4) is 0 Å². The maximum atomic E-state index is 12.1. The van der Waals surface area contributed by atoms with Crippen LogP contribution in [0.2, 0.25) is 0 Å². The molecule has 19 heavy (non-hydrogen) atoms. The van der Waals surface area contributed by atoms with E-state index in [1.165, 1.54) is 4.90 Å². The lowest BCUT2D eigenvalue weighted by Crippen LogP contribution is -2.29. The third kappa shape index (κ3) is 3.07. The van der Waals surface area contributed by atoms with Crippen LogP contribution in [0.15, 0.2) is 36.4 Å². The standard InChI is InChI=1S/C14H14N2O3/c1-16(9-8-13(17)18)14(19)12-7-6-10-4-2-3-5-11(10)15-12/h2-7H,8-9H2,1H3,(H,17,18). The van der Waals surface area contributed by atoms with Gasteiger partial charge in [-0.3, -0.25) is 9.59 Å². The van der Waals surface area contributed by atoms with E-state index >= 15 is 0 Å². The molecule has 1 amide bonds. The maximum absolute atomic E-state index is 12.1. The molecule has 0 saturated heterocycles. The number of hydrogen-bond donors (Lipinski definition) is 1. The van der Waals surface area contributed by atoms with Crippen molar-refractivity contribution < 1.29 is 14.7 Å². The summed E-state index contributed by atoms with van der Waals surface area (Å²) in [5.74, 6) is -1.20. The number of aromatic nitrogens is 1. The van der Waals surface area contributed by atoms with Crippen LogP contribution in [0.1, 0.15) is 16.9 Å². The number of carboxylic acids is 1. The van der Waals surface area contributed by atoms with Gasteiger partial charge in [0.15, 0.2) is 0 Å². The lowest BCUT2D eigenvalue weighted by molar-refractivity contribution is -0.137. The highest BCUT2D eigenvalue weighted by Crippen LogP contribution is 2.12. The predicted octanol–water partition coefficient (Wildman–Crippen LogP) is 1.78. The molecule has 2 aromatic rings. The van der Waals surface area contributed by atoms with Crippen LogP contribution in [0, 0.1) is 0 Å². The molecule has 1 N–H and O–H groups in total. The topological polar surface area (TPSA) is 70.5 Å². The van der Waals surface area contributed by atoms with Crippen molar-refractivity contribution in [1.29, 1.82) is 0 Å². The van der Waals surface area contributed by atoms with Gasteiger partial charge in [0.25, 0.3) is 5.91 Å². The van der Waals surface area contributed by atoms with Gasteiger partial charge in [-0.25, -0.2) is 4.98 Å². The summed E-state index contributed by atoms with van der Waals surface area (Å²) in [6.07, 6.45) is -0.0736. The van der Waals surface area contributed by atoms with Crippen molar-refractivity contribution in [3.8, 4) is 0 Å². The number of rotatable bonds is 4. The molecule has 1 aromatic carbocycles. The number of aliphatic carboxylic acids is 1. The minimum Gasteiger partial charge on any atom is -0.481 e. The summed E-state index contributed by atoms with van der Waals surface area (Å²) >= 11 is 0. The summed E-state index contributed by atoms with van der Waals surface area (Å²) in [5.41, 5.74) is 1.08. The first-order valence-corrected chi connectivity index (χ1v) is 5.91. The fraction of sp³-hybridized carbons (Fsp3) is 0.214. The van der Waals surface area contributed by atoms with Crippen LogP contribution in [0.25, 0.3) is 10.9 Å². The summed E-state index contributed by atoms with van der Waals surface area (Å²) in [7, 11) is 1.57. The van der Waals surface area contributed by atoms with Gasteiger partial charge < -0.3 is 10.0 Å². The zero-order chi connectivity index (χ0) is 13.8. The van der Waals surface area contributed by atoms with Gasteiger partial charge in [-0.05, 0) is 12.1 Å². The number of fused-ring (bicyclic) bond motifs is 1. The summed E-state index contributed by atoms with van der Waals surface area (Å²) in [6, 6.07) is 11.0. The van der Waals surface area contributed by atoms with Gasteiger partial charge in [0, 0.05) is 19.0 Å². The van der Waals surface area contributed by atoms with E-state index < -0.39 is 5.97 Å². The molecular formula is C14H14N2O3. The minimum atomic E-state index is -0.925. The molecule has 0 atom stereocenters. The van der Waals surface area contributed by atoms with Crippen molar-refractivity contribution >= 4 is 22.8 Å². The first-order valence-electron chi connectivity index (χ1n) is 5.91. The molecule has 5 heteroatoms. The average Bonchev–Trinajstić information content (AvgIpc) is 2.43. The smallest absolute Gasteiger partial charge is 0.305 e. The van der Waals surface area contributed by atoms with E-state index in [4.69, 9.17) is 5.11 Å². The molecule has 2 rings (SSSR count). The van der Waals surface area contributed by atoms with Crippen LogP contribution in [-0.4, -0.2) is 40.5 Å². The Hall–Kier alpha value is -2.43. The number of hydrogen-bond acceptors (Lipinski definition) is 3. The zero-order valence-electron chi connectivity index (χ0n) is 10.5. The SMILES string of the molecule is CN(CCC(=O)O)C(=O)c1ccc2ccccc2n1. The van der Waals surface area contributed by atoms with Crippen molar-refractivity contribution in [3.05, 3.63) is 42.1 Å². The fourth-order valence-electron chi connectivity index (χ4n) is 1.75. The number of pyridine rings is 1. The second-order valence-corrected chi connectivity index (χ2v) is 4.26. The van der Waals surface area contributed by atoms with Gasteiger partial charge in [0.1, 0.15) is 5.69 Å². The second-order valence-electron chi connectivity index (χ2n) is 4.26. The maximum Gasteiger partial charge on any atom is 0.305 e.